The predicted octanol–water partition coefficient (Wildman–Crippen LogP) is 1.42. The highest BCUT2D eigenvalue weighted by Crippen LogP contribution is 2.15. The smallest absolute Gasteiger partial charge is 0.147 e. The number of nitrogens with two attached hydrogens (primary N) is 1. The SMILES string of the molecule is CC(C)C(C)N(C)c1cnc(CN)cn1. The van der Waals surface area contributed by atoms with Crippen molar-refractivity contribution in [3.63, 3.8) is 0 Å². The van der Waals surface area contributed by atoms with Crippen molar-refractivity contribution in [1.29, 1.82) is 0 Å². The number of hydrogen-bond acceptors (Lipinski definition) is 4. The number of anilines is 1. The Morgan fingerprint density at radius 3 is 2.33 bits per heavy atom. The van der Waals surface area contributed by atoms with Crippen molar-refractivity contribution in [3.8, 4) is 0 Å². The van der Waals surface area contributed by atoms with Crippen molar-refractivity contribution in [2.75, 3.05) is 11.9 Å². The van der Waals surface area contributed by atoms with Gasteiger partial charge in [0, 0.05) is 19.6 Å². The van der Waals surface area contributed by atoms with Gasteiger partial charge in [-0.3, -0.25) is 4.98 Å². The lowest BCUT2D eigenvalue weighted by Gasteiger charge is -2.28. The monoisotopic (exact) mass is 208 g/mol. The Balaban J connectivity index is 2.78. The largest absolute Gasteiger partial charge is 0.355 e. The molecule has 1 aromatic heterocycles. The third-order valence-corrected chi connectivity index (χ3v) is 2.84. The molecule has 15 heavy (non-hydrogen) atoms. The minimum absolute atomic E-state index is 0.441. The Morgan fingerprint density at radius 1 is 1.27 bits per heavy atom. The van der Waals surface area contributed by atoms with E-state index in [0.717, 1.165) is 11.5 Å². The first-order valence-corrected chi connectivity index (χ1v) is 5.30. The van der Waals surface area contributed by atoms with E-state index in [2.05, 4.69) is 35.6 Å². The van der Waals surface area contributed by atoms with Crippen molar-refractivity contribution in [2.24, 2.45) is 11.7 Å². The van der Waals surface area contributed by atoms with Gasteiger partial charge in [0.15, 0.2) is 0 Å². The molecule has 4 heteroatoms. The van der Waals surface area contributed by atoms with E-state index in [1.54, 1.807) is 12.4 Å². The van der Waals surface area contributed by atoms with Crippen molar-refractivity contribution in [1.82, 2.24) is 9.97 Å². The van der Waals surface area contributed by atoms with Gasteiger partial charge in [0.25, 0.3) is 0 Å². The van der Waals surface area contributed by atoms with Gasteiger partial charge in [-0.25, -0.2) is 4.98 Å². The maximum Gasteiger partial charge on any atom is 0.147 e. The summed E-state index contributed by atoms with van der Waals surface area (Å²) in [7, 11) is 2.04. The van der Waals surface area contributed by atoms with E-state index in [-0.39, 0.29) is 0 Å². The fourth-order valence-electron chi connectivity index (χ4n) is 1.29. The lowest BCUT2D eigenvalue weighted by atomic mass is 10.1. The molecule has 4 nitrogen and oxygen atoms in total. The lowest BCUT2D eigenvalue weighted by molar-refractivity contribution is 0.502. The highest BCUT2D eigenvalue weighted by Gasteiger charge is 2.14. The Morgan fingerprint density at radius 2 is 1.93 bits per heavy atom. The van der Waals surface area contributed by atoms with Crippen molar-refractivity contribution < 1.29 is 0 Å². The first-order valence-electron chi connectivity index (χ1n) is 5.30. The van der Waals surface area contributed by atoms with E-state index < -0.39 is 0 Å². The maximum atomic E-state index is 5.47. The highest BCUT2D eigenvalue weighted by atomic mass is 15.2. The summed E-state index contributed by atoms with van der Waals surface area (Å²) in [6.07, 6.45) is 3.51. The molecule has 0 amide bonds. The Hall–Kier alpha value is -1.16. The van der Waals surface area contributed by atoms with Gasteiger partial charge in [0.2, 0.25) is 0 Å². The van der Waals surface area contributed by atoms with Crippen LogP contribution in [0.4, 0.5) is 5.82 Å². The summed E-state index contributed by atoms with van der Waals surface area (Å²) in [4.78, 5) is 10.7. The molecule has 0 fully saturated rings. The van der Waals surface area contributed by atoms with Crippen LogP contribution in [0.1, 0.15) is 26.5 Å². The van der Waals surface area contributed by atoms with E-state index in [9.17, 15) is 0 Å². The molecule has 0 aliphatic carbocycles. The molecule has 1 unspecified atom stereocenters. The molecule has 0 saturated heterocycles. The minimum atomic E-state index is 0.441. The van der Waals surface area contributed by atoms with Crippen LogP contribution in [-0.4, -0.2) is 23.1 Å². The van der Waals surface area contributed by atoms with E-state index in [1.165, 1.54) is 0 Å². The van der Waals surface area contributed by atoms with Crippen molar-refractivity contribution in [2.45, 2.75) is 33.4 Å². The second-order valence-electron chi connectivity index (χ2n) is 4.17. The summed E-state index contributed by atoms with van der Waals surface area (Å²) < 4.78 is 0. The molecular formula is C11H20N4. The third kappa shape index (κ3) is 2.89. The lowest BCUT2D eigenvalue weighted by Crippen LogP contribution is -2.33. The summed E-state index contributed by atoms with van der Waals surface area (Å²) in [6, 6.07) is 0.447. The van der Waals surface area contributed by atoms with Crippen LogP contribution in [0.5, 0.6) is 0 Å². The fourth-order valence-corrected chi connectivity index (χ4v) is 1.29. The average molecular weight is 208 g/mol. The van der Waals surface area contributed by atoms with E-state index in [4.69, 9.17) is 5.73 Å². The molecule has 1 atom stereocenters. The Labute approximate surface area is 91.5 Å². The number of aromatic nitrogens is 2. The van der Waals surface area contributed by atoms with Crippen molar-refractivity contribution >= 4 is 5.82 Å². The van der Waals surface area contributed by atoms with Crippen LogP contribution in [0.2, 0.25) is 0 Å². The average Bonchev–Trinajstić information content (AvgIpc) is 2.27. The van der Waals surface area contributed by atoms with Crippen LogP contribution >= 0.6 is 0 Å². The first kappa shape index (κ1) is 11.9. The van der Waals surface area contributed by atoms with Gasteiger partial charge in [0.1, 0.15) is 5.82 Å². The highest BCUT2D eigenvalue weighted by molar-refractivity contribution is 5.35. The molecule has 0 spiro atoms. The molecule has 0 radical (unpaired) electrons. The van der Waals surface area contributed by atoms with Gasteiger partial charge < -0.3 is 10.6 Å². The summed E-state index contributed by atoms with van der Waals surface area (Å²) in [5, 5.41) is 0. The second-order valence-corrected chi connectivity index (χ2v) is 4.17. The topological polar surface area (TPSA) is 55.0 Å². The van der Waals surface area contributed by atoms with E-state index >= 15 is 0 Å². The third-order valence-electron chi connectivity index (χ3n) is 2.84. The maximum absolute atomic E-state index is 5.47. The normalized spacial score (nSPS) is 12.9. The van der Waals surface area contributed by atoms with Gasteiger partial charge in [0.05, 0.1) is 18.1 Å². The van der Waals surface area contributed by atoms with Gasteiger partial charge in [-0.2, -0.15) is 0 Å². The summed E-state index contributed by atoms with van der Waals surface area (Å²) >= 11 is 0. The zero-order valence-corrected chi connectivity index (χ0v) is 9.94. The molecule has 1 aromatic rings. The summed E-state index contributed by atoms with van der Waals surface area (Å²) in [6.45, 7) is 7.02. The van der Waals surface area contributed by atoms with Crippen LogP contribution in [0.3, 0.4) is 0 Å². The first-order chi connectivity index (χ1) is 7.06. The molecule has 0 aromatic carbocycles. The summed E-state index contributed by atoms with van der Waals surface area (Å²) in [5.74, 6) is 1.49. The zero-order chi connectivity index (χ0) is 11.4. The van der Waals surface area contributed by atoms with Crippen LogP contribution in [0.25, 0.3) is 0 Å². The standard InChI is InChI=1S/C11H20N4/c1-8(2)9(3)15(4)11-7-13-10(5-12)6-14-11/h6-9H,5,12H2,1-4H3. The van der Waals surface area contributed by atoms with Gasteiger partial charge >= 0.3 is 0 Å². The Kier molecular flexibility index (Phi) is 4.03. The van der Waals surface area contributed by atoms with E-state index in [1.807, 2.05) is 7.05 Å². The van der Waals surface area contributed by atoms with Crippen LogP contribution in [0.15, 0.2) is 12.4 Å². The molecule has 0 saturated carbocycles. The number of hydrogen-bond donors (Lipinski definition) is 1. The second kappa shape index (κ2) is 5.07. The fraction of sp³-hybridized carbons (Fsp3) is 0.636. The molecule has 0 aliphatic rings. The Bertz CT molecular complexity index is 294. The number of nitrogens with zero attached hydrogens (tertiary/aromatic N) is 3. The van der Waals surface area contributed by atoms with Crippen molar-refractivity contribution in [3.05, 3.63) is 18.1 Å². The van der Waals surface area contributed by atoms with E-state index in [0.29, 0.717) is 18.5 Å². The van der Waals surface area contributed by atoms with Crippen LogP contribution < -0.4 is 10.6 Å². The van der Waals surface area contributed by atoms with Gasteiger partial charge in [-0.05, 0) is 12.8 Å². The minimum Gasteiger partial charge on any atom is -0.355 e. The molecule has 84 valence electrons. The molecule has 1 heterocycles. The summed E-state index contributed by atoms with van der Waals surface area (Å²) in [5.41, 5.74) is 6.29. The molecule has 0 aliphatic heterocycles. The molecule has 0 bridgehead atoms. The van der Waals surface area contributed by atoms with Crippen LogP contribution in [0, 0.1) is 5.92 Å². The molecular weight excluding hydrogens is 188 g/mol. The van der Waals surface area contributed by atoms with Gasteiger partial charge in [-0.1, -0.05) is 13.8 Å². The molecule has 1 rings (SSSR count). The number of rotatable bonds is 4. The zero-order valence-electron chi connectivity index (χ0n) is 9.94. The molecule has 2 N–H and O–H groups in total. The predicted molar refractivity (Wildman–Crippen MR) is 62.6 cm³/mol. The van der Waals surface area contributed by atoms with Gasteiger partial charge in [-0.15, -0.1) is 0 Å². The van der Waals surface area contributed by atoms with Crippen LogP contribution in [-0.2, 0) is 6.54 Å². The quantitative estimate of drug-likeness (QED) is 0.813.